The summed E-state index contributed by atoms with van der Waals surface area (Å²) in [6.07, 6.45) is 9.86. The highest BCUT2D eigenvalue weighted by molar-refractivity contribution is 5.94. The summed E-state index contributed by atoms with van der Waals surface area (Å²) >= 11 is 0. The van der Waals surface area contributed by atoms with Gasteiger partial charge in [0.2, 0.25) is 0 Å². The monoisotopic (exact) mass is 360 g/mol. The van der Waals surface area contributed by atoms with Gasteiger partial charge in [-0.2, -0.15) is 0 Å². The molecule has 2 atom stereocenters. The third kappa shape index (κ3) is 2.58. The molecule has 1 aliphatic heterocycles. The summed E-state index contributed by atoms with van der Waals surface area (Å²) in [5.74, 6) is 1.64. The first-order valence-electron chi connectivity index (χ1n) is 9.21. The van der Waals surface area contributed by atoms with Crippen molar-refractivity contribution in [1.82, 2.24) is 29.2 Å². The lowest BCUT2D eigenvalue weighted by molar-refractivity contribution is 0.0664. The van der Waals surface area contributed by atoms with Crippen molar-refractivity contribution in [3.05, 3.63) is 60.6 Å². The number of rotatable bonds is 2. The van der Waals surface area contributed by atoms with Crippen molar-refractivity contribution in [1.29, 1.82) is 0 Å². The first kappa shape index (κ1) is 16.0. The minimum absolute atomic E-state index is 0.0364. The summed E-state index contributed by atoms with van der Waals surface area (Å²) < 4.78 is 2.16. The van der Waals surface area contributed by atoms with E-state index in [2.05, 4.69) is 26.3 Å². The highest BCUT2D eigenvalue weighted by atomic mass is 16.2. The minimum atomic E-state index is 0.0364. The van der Waals surface area contributed by atoms with E-state index in [-0.39, 0.29) is 11.8 Å². The van der Waals surface area contributed by atoms with Crippen molar-refractivity contribution >= 4 is 22.6 Å². The summed E-state index contributed by atoms with van der Waals surface area (Å²) in [6.45, 7) is 3.66. The number of pyridine rings is 1. The number of fused-ring (bicyclic) bond motifs is 3. The first-order valence-corrected chi connectivity index (χ1v) is 9.21. The van der Waals surface area contributed by atoms with Crippen molar-refractivity contribution in [2.75, 3.05) is 13.1 Å². The molecule has 0 aliphatic carbocycles. The number of likely N-dealkylation sites (tertiary alicyclic amines) is 1. The molecule has 5 rings (SSSR count). The zero-order valence-electron chi connectivity index (χ0n) is 15.0. The van der Waals surface area contributed by atoms with E-state index in [1.807, 2.05) is 35.6 Å². The molecule has 1 fully saturated rings. The van der Waals surface area contributed by atoms with Gasteiger partial charge in [-0.15, -0.1) is 0 Å². The van der Waals surface area contributed by atoms with Crippen molar-refractivity contribution in [3.8, 4) is 0 Å². The summed E-state index contributed by atoms with van der Waals surface area (Å²) in [5, 5.41) is 0. The Kier molecular flexibility index (Phi) is 3.67. The van der Waals surface area contributed by atoms with Crippen LogP contribution in [0.3, 0.4) is 0 Å². The molecular weight excluding hydrogens is 340 g/mol. The van der Waals surface area contributed by atoms with E-state index in [9.17, 15) is 4.79 Å². The Morgan fingerprint density at radius 3 is 2.96 bits per heavy atom. The number of aromatic amines is 1. The lowest BCUT2D eigenvalue weighted by Gasteiger charge is -2.36. The molecule has 7 heteroatoms. The Morgan fingerprint density at radius 1 is 1.22 bits per heavy atom. The van der Waals surface area contributed by atoms with Gasteiger partial charge in [0, 0.05) is 37.6 Å². The Bertz CT molecular complexity index is 1120. The lowest BCUT2D eigenvalue weighted by atomic mass is 9.86. The quantitative estimate of drug-likeness (QED) is 0.596. The average Bonchev–Trinajstić information content (AvgIpc) is 3.35. The second kappa shape index (κ2) is 6.19. The molecule has 0 aromatic carbocycles. The highest BCUT2D eigenvalue weighted by Gasteiger charge is 2.33. The van der Waals surface area contributed by atoms with Crippen LogP contribution < -0.4 is 0 Å². The van der Waals surface area contributed by atoms with Crippen LogP contribution in [-0.4, -0.2) is 48.2 Å². The topological polar surface area (TPSA) is 79.2 Å². The van der Waals surface area contributed by atoms with E-state index in [4.69, 9.17) is 4.98 Å². The Hall–Kier alpha value is -3.22. The Labute approximate surface area is 156 Å². The zero-order chi connectivity index (χ0) is 18.4. The van der Waals surface area contributed by atoms with Crippen LogP contribution in [0.25, 0.3) is 16.7 Å². The minimum Gasteiger partial charge on any atom is -0.345 e. The molecule has 1 aliphatic rings. The zero-order valence-corrected chi connectivity index (χ0v) is 15.0. The van der Waals surface area contributed by atoms with Crippen LogP contribution in [-0.2, 0) is 0 Å². The van der Waals surface area contributed by atoms with Crippen LogP contribution in [0.1, 0.15) is 35.4 Å². The van der Waals surface area contributed by atoms with E-state index >= 15 is 0 Å². The Balaban J connectivity index is 1.53. The molecule has 7 nitrogen and oxygen atoms in total. The summed E-state index contributed by atoms with van der Waals surface area (Å²) in [4.78, 5) is 31.2. The highest BCUT2D eigenvalue weighted by Crippen LogP contribution is 2.33. The number of aromatic nitrogens is 5. The van der Waals surface area contributed by atoms with Crippen LogP contribution in [0.5, 0.6) is 0 Å². The van der Waals surface area contributed by atoms with E-state index < -0.39 is 0 Å². The fourth-order valence-corrected chi connectivity index (χ4v) is 4.02. The summed E-state index contributed by atoms with van der Waals surface area (Å²) in [7, 11) is 0. The van der Waals surface area contributed by atoms with E-state index in [1.165, 1.54) is 0 Å². The van der Waals surface area contributed by atoms with Crippen LogP contribution in [0.2, 0.25) is 0 Å². The van der Waals surface area contributed by atoms with Crippen LogP contribution >= 0.6 is 0 Å². The molecule has 0 bridgehead atoms. The first-order chi connectivity index (χ1) is 13.2. The molecule has 0 radical (unpaired) electrons. The number of imidazole rings is 1. The number of nitrogens with one attached hydrogen (secondary N) is 1. The molecule has 4 aromatic heterocycles. The van der Waals surface area contributed by atoms with Crippen LogP contribution in [0, 0.1) is 5.92 Å². The van der Waals surface area contributed by atoms with Crippen LogP contribution in [0.15, 0.2) is 49.2 Å². The van der Waals surface area contributed by atoms with Crippen molar-refractivity contribution in [2.24, 2.45) is 5.92 Å². The maximum absolute atomic E-state index is 12.9. The van der Waals surface area contributed by atoms with E-state index in [1.54, 1.807) is 18.5 Å². The average molecular weight is 360 g/mol. The number of hydrogen-bond acceptors (Lipinski definition) is 4. The van der Waals surface area contributed by atoms with Gasteiger partial charge in [-0.3, -0.25) is 14.2 Å². The molecule has 136 valence electrons. The molecular formula is C20H20N6O. The molecule has 0 saturated carbocycles. The van der Waals surface area contributed by atoms with Crippen molar-refractivity contribution in [3.63, 3.8) is 0 Å². The molecule has 2 unspecified atom stereocenters. The molecule has 1 saturated heterocycles. The van der Waals surface area contributed by atoms with Crippen molar-refractivity contribution in [2.45, 2.75) is 19.3 Å². The third-order valence-corrected chi connectivity index (χ3v) is 5.57. The molecule has 5 heterocycles. The predicted octanol–water partition coefficient (Wildman–Crippen LogP) is 2.87. The number of carbonyl (C=O) groups is 1. The second-order valence-electron chi connectivity index (χ2n) is 7.21. The number of amides is 1. The van der Waals surface area contributed by atoms with Gasteiger partial charge in [0.05, 0.1) is 29.0 Å². The molecule has 1 amide bonds. The lowest BCUT2D eigenvalue weighted by Crippen LogP contribution is -2.42. The third-order valence-electron chi connectivity index (χ3n) is 5.57. The largest absolute Gasteiger partial charge is 0.345 e. The number of carbonyl (C=O) groups excluding carboxylic acids is 1. The fraction of sp³-hybridized carbons (Fsp3) is 0.300. The van der Waals surface area contributed by atoms with Gasteiger partial charge >= 0.3 is 0 Å². The summed E-state index contributed by atoms with van der Waals surface area (Å²) in [6, 6.07) is 5.64. The fourth-order valence-electron chi connectivity index (χ4n) is 4.02. The maximum Gasteiger partial charge on any atom is 0.255 e. The molecule has 0 spiro atoms. The smallest absolute Gasteiger partial charge is 0.255 e. The normalized spacial score (nSPS) is 20.4. The predicted molar refractivity (Wildman–Crippen MR) is 102 cm³/mol. The maximum atomic E-state index is 12.9. The van der Waals surface area contributed by atoms with Crippen LogP contribution in [0.4, 0.5) is 0 Å². The van der Waals surface area contributed by atoms with Gasteiger partial charge in [-0.25, -0.2) is 9.97 Å². The number of H-pyrrole nitrogens is 1. The van der Waals surface area contributed by atoms with Crippen molar-refractivity contribution < 1.29 is 4.79 Å². The molecule has 1 N–H and O–H groups in total. The summed E-state index contributed by atoms with van der Waals surface area (Å²) in [5.41, 5.74) is 3.47. The number of nitrogens with zero attached hydrogens (tertiary/aromatic N) is 5. The Morgan fingerprint density at radius 2 is 2.11 bits per heavy atom. The van der Waals surface area contributed by atoms with Gasteiger partial charge in [0.1, 0.15) is 5.82 Å². The molecule has 4 aromatic rings. The standard InChI is InChI=1S/C20H20N6O/c1-13-5-8-25(20(27)14-3-2-6-21-9-14)12-16(13)19-24-11-15-10-23-18-17(26(15)19)4-7-22-18/h2-4,6-7,9-11,13,16,22H,5,8,12H2,1H3. The number of piperidine rings is 1. The van der Waals surface area contributed by atoms with E-state index in [0.717, 1.165) is 35.5 Å². The van der Waals surface area contributed by atoms with Gasteiger partial charge < -0.3 is 9.88 Å². The van der Waals surface area contributed by atoms with Gasteiger partial charge in [-0.1, -0.05) is 6.92 Å². The van der Waals surface area contributed by atoms with E-state index in [0.29, 0.717) is 18.0 Å². The van der Waals surface area contributed by atoms with Gasteiger partial charge in [0.15, 0.2) is 5.65 Å². The second-order valence-corrected chi connectivity index (χ2v) is 7.21. The molecule has 27 heavy (non-hydrogen) atoms. The number of hydrogen-bond donors (Lipinski definition) is 1. The van der Waals surface area contributed by atoms with Gasteiger partial charge in [-0.05, 0) is 30.5 Å². The van der Waals surface area contributed by atoms with Gasteiger partial charge in [0.25, 0.3) is 5.91 Å². The SMILES string of the molecule is CC1CCN(C(=O)c2cccnc2)CC1c1ncc2cnc3[nH]ccc3n12.